The SMILES string of the molecule is O=C(O)c1[c-]c2ccccc2[nH]1.[Y+3]. The number of aromatic nitrogens is 1. The molecule has 2 N–H and O–H groups in total. The molecule has 3 nitrogen and oxygen atoms in total. The van der Waals surface area contributed by atoms with Gasteiger partial charge in [-0.2, -0.15) is 0 Å². The zero-order valence-corrected chi connectivity index (χ0v) is 9.58. The van der Waals surface area contributed by atoms with Crippen molar-refractivity contribution in [2.75, 3.05) is 0 Å². The Kier molecular flexibility index (Phi) is 3.23. The number of H-pyrrole nitrogens is 1. The van der Waals surface area contributed by atoms with Crippen LogP contribution in [0.15, 0.2) is 24.3 Å². The van der Waals surface area contributed by atoms with Crippen LogP contribution < -0.4 is 0 Å². The first-order chi connectivity index (χ1) is 5.77. The number of aromatic amines is 1. The maximum atomic E-state index is 10.5. The Morgan fingerprint density at radius 2 is 2.08 bits per heavy atom. The second-order valence-corrected chi connectivity index (χ2v) is 2.48. The average molecular weight is 249 g/mol. The van der Waals surface area contributed by atoms with Gasteiger partial charge in [0.25, 0.3) is 5.97 Å². The van der Waals surface area contributed by atoms with Gasteiger partial charge < -0.3 is 14.9 Å². The maximum absolute atomic E-state index is 10.5. The van der Waals surface area contributed by atoms with Gasteiger partial charge in [-0.25, -0.2) is 0 Å². The number of carboxylic acid groups (broad SMARTS) is 1. The molecule has 60 valence electrons. The summed E-state index contributed by atoms with van der Waals surface area (Å²) in [7, 11) is 0. The van der Waals surface area contributed by atoms with Crippen LogP contribution >= 0.6 is 0 Å². The van der Waals surface area contributed by atoms with Crippen LogP contribution in [0.25, 0.3) is 10.9 Å². The molecule has 0 spiro atoms. The van der Waals surface area contributed by atoms with E-state index in [1.165, 1.54) is 0 Å². The molecule has 1 heterocycles. The number of aromatic carboxylic acids is 1. The zero-order valence-electron chi connectivity index (χ0n) is 6.74. The fourth-order valence-corrected chi connectivity index (χ4v) is 1.11. The van der Waals surface area contributed by atoms with Gasteiger partial charge in [0.05, 0.1) is 0 Å². The number of rotatable bonds is 1. The van der Waals surface area contributed by atoms with Crippen molar-refractivity contribution in [1.82, 2.24) is 4.98 Å². The number of hydrogen-bond donors (Lipinski definition) is 2. The maximum Gasteiger partial charge on any atom is 3.00 e. The first kappa shape index (κ1) is 10.4. The second-order valence-electron chi connectivity index (χ2n) is 2.48. The normalized spacial score (nSPS) is 9.54. The fourth-order valence-electron chi connectivity index (χ4n) is 1.11. The zero-order chi connectivity index (χ0) is 8.55. The number of fused-ring (bicyclic) bond motifs is 1. The molecule has 13 heavy (non-hydrogen) atoms. The summed E-state index contributed by atoms with van der Waals surface area (Å²) >= 11 is 0. The fraction of sp³-hybridized carbons (Fsp3) is 0. The van der Waals surface area contributed by atoms with E-state index >= 15 is 0 Å². The Hall–Kier alpha value is -0.666. The minimum absolute atomic E-state index is 0. The third-order valence-electron chi connectivity index (χ3n) is 1.66. The Bertz CT molecular complexity index is 403. The van der Waals surface area contributed by atoms with Gasteiger partial charge in [0.2, 0.25) is 0 Å². The van der Waals surface area contributed by atoms with Crippen molar-refractivity contribution in [2.24, 2.45) is 0 Å². The summed E-state index contributed by atoms with van der Waals surface area (Å²) in [6.45, 7) is 0. The van der Waals surface area contributed by atoms with Crippen LogP contribution in [0.4, 0.5) is 0 Å². The predicted molar refractivity (Wildman–Crippen MR) is 44.1 cm³/mol. The van der Waals surface area contributed by atoms with Gasteiger partial charge in [0.15, 0.2) is 0 Å². The number of para-hydroxylation sites is 1. The first-order valence-electron chi connectivity index (χ1n) is 3.51. The van der Waals surface area contributed by atoms with Crippen LogP contribution in [0.2, 0.25) is 0 Å². The van der Waals surface area contributed by atoms with E-state index in [0.29, 0.717) is 0 Å². The van der Waals surface area contributed by atoms with Crippen molar-refractivity contribution in [3.8, 4) is 0 Å². The molecule has 0 aliphatic rings. The average Bonchev–Trinajstić information content (AvgIpc) is 2.46. The minimum Gasteiger partial charge on any atom is -0.520 e. The van der Waals surface area contributed by atoms with Crippen molar-refractivity contribution in [1.29, 1.82) is 0 Å². The Labute approximate surface area is 100 Å². The molecule has 0 atom stereocenters. The number of carbonyl (C=O) groups is 1. The standard InChI is InChI=1S/C9H6NO2.Y/c11-9(12)8-5-6-3-1-2-4-7(6)10-8;/h1-4,10H,(H,11,12);/q-1;+3. The van der Waals surface area contributed by atoms with Crippen LogP contribution in [0, 0.1) is 6.07 Å². The van der Waals surface area contributed by atoms with Crippen LogP contribution in [0.1, 0.15) is 10.5 Å². The van der Waals surface area contributed by atoms with E-state index in [9.17, 15) is 4.79 Å². The molecule has 0 fully saturated rings. The quantitative estimate of drug-likeness (QED) is 0.755. The summed E-state index contributed by atoms with van der Waals surface area (Å²) in [6, 6.07) is 10.1. The van der Waals surface area contributed by atoms with Gasteiger partial charge in [0.1, 0.15) is 0 Å². The summed E-state index contributed by atoms with van der Waals surface area (Å²) in [5, 5.41) is 9.42. The van der Waals surface area contributed by atoms with Crippen LogP contribution in [-0.2, 0) is 32.7 Å². The second kappa shape index (κ2) is 4.03. The largest absolute Gasteiger partial charge is 3.00 e. The van der Waals surface area contributed by atoms with Gasteiger partial charge >= 0.3 is 32.7 Å². The monoisotopic (exact) mass is 249 g/mol. The molecular formula is C9H6NO2Y+2. The molecule has 0 saturated heterocycles. The summed E-state index contributed by atoms with van der Waals surface area (Å²) in [6.07, 6.45) is 0. The van der Waals surface area contributed by atoms with Crippen LogP contribution in [0.5, 0.6) is 0 Å². The van der Waals surface area contributed by atoms with Gasteiger partial charge in [-0.05, 0) is 5.52 Å². The van der Waals surface area contributed by atoms with Gasteiger partial charge in [0, 0.05) is 5.69 Å². The van der Waals surface area contributed by atoms with Crippen molar-refractivity contribution >= 4 is 16.9 Å². The molecular weight excluding hydrogens is 243 g/mol. The first-order valence-corrected chi connectivity index (χ1v) is 3.51. The Morgan fingerprint density at radius 3 is 2.69 bits per heavy atom. The number of benzene rings is 1. The molecule has 0 saturated carbocycles. The number of hydrogen-bond acceptors (Lipinski definition) is 1. The minimum atomic E-state index is -0.980. The van der Waals surface area contributed by atoms with Crippen molar-refractivity contribution < 1.29 is 42.6 Å². The number of nitrogens with one attached hydrogen (secondary N) is 1. The molecule has 2 rings (SSSR count). The van der Waals surface area contributed by atoms with E-state index in [4.69, 9.17) is 5.11 Å². The van der Waals surface area contributed by atoms with Crippen molar-refractivity contribution in [3.63, 3.8) is 0 Å². The van der Waals surface area contributed by atoms with Gasteiger partial charge in [-0.15, -0.1) is 23.6 Å². The van der Waals surface area contributed by atoms with E-state index in [2.05, 4.69) is 11.1 Å². The summed E-state index contributed by atoms with van der Waals surface area (Å²) in [5.74, 6) is -0.980. The van der Waals surface area contributed by atoms with E-state index in [0.717, 1.165) is 10.9 Å². The Morgan fingerprint density at radius 1 is 1.38 bits per heavy atom. The summed E-state index contributed by atoms with van der Waals surface area (Å²) < 4.78 is 0. The third kappa shape index (κ3) is 1.98. The summed E-state index contributed by atoms with van der Waals surface area (Å²) in [4.78, 5) is 13.2. The molecule has 0 radical (unpaired) electrons. The molecule has 0 unspecified atom stereocenters. The molecule has 1 aromatic carbocycles. The van der Waals surface area contributed by atoms with Gasteiger partial charge in [-0.1, -0.05) is 12.1 Å². The van der Waals surface area contributed by atoms with E-state index in [-0.39, 0.29) is 38.4 Å². The predicted octanol–water partition coefficient (Wildman–Crippen LogP) is 1.66. The van der Waals surface area contributed by atoms with Crippen molar-refractivity contribution in [2.45, 2.75) is 0 Å². The number of carboxylic acids is 1. The molecule has 1 aromatic heterocycles. The van der Waals surface area contributed by atoms with E-state index < -0.39 is 5.97 Å². The Balaban J connectivity index is 0.000000845. The third-order valence-corrected chi connectivity index (χ3v) is 1.66. The van der Waals surface area contributed by atoms with Crippen LogP contribution in [-0.4, -0.2) is 16.1 Å². The van der Waals surface area contributed by atoms with Crippen molar-refractivity contribution in [3.05, 3.63) is 36.0 Å². The summed E-state index contributed by atoms with van der Waals surface area (Å²) in [5.41, 5.74) is 0.908. The molecule has 4 heteroatoms. The van der Waals surface area contributed by atoms with Gasteiger partial charge in [-0.3, -0.25) is 0 Å². The molecule has 2 aromatic rings. The smallest absolute Gasteiger partial charge is 0.520 e. The molecule has 0 amide bonds. The van der Waals surface area contributed by atoms with E-state index in [1.54, 1.807) is 0 Å². The molecule has 0 aliphatic heterocycles. The molecule has 0 bridgehead atoms. The van der Waals surface area contributed by atoms with E-state index in [1.807, 2.05) is 24.3 Å². The van der Waals surface area contributed by atoms with Crippen LogP contribution in [0.3, 0.4) is 0 Å². The molecule has 0 aliphatic carbocycles. The topological polar surface area (TPSA) is 53.1 Å².